The number of carbonyl (C=O) groups excluding carboxylic acids is 1. The Balaban J connectivity index is 2.50. The van der Waals surface area contributed by atoms with Gasteiger partial charge in [0.05, 0.1) is 5.92 Å². The largest absolute Gasteiger partial charge is 0.391 e. The number of alkyl halides is 4. The number of hydrogen-bond acceptors (Lipinski definition) is 2. The summed E-state index contributed by atoms with van der Waals surface area (Å²) in [5.74, 6) is -2.99. The maximum Gasteiger partial charge on any atom is 0.391 e. The Hall–Kier alpha value is -1.12. The maximum absolute atomic E-state index is 12.7. The summed E-state index contributed by atoms with van der Waals surface area (Å²) in [7, 11) is 0. The molecule has 1 fully saturated rings. The summed E-state index contributed by atoms with van der Waals surface area (Å²) in [6.45, 7) is 0. The van der Waals surface area contributed by atoms with Crippen LogP contribution in [0.5, 0.6) is 0 Å². The standard InChI is InChI=1S/C10H11F4NO/c11-8(5-15)9(16)6-1-3-7(4-2-6)10(12,13)14/h6-8H,1-4H2/t6-,7-,8?. The van der Waals surface area contributed by atoms with Crippen molar-refractivity contribution >= 4 is 5.78 Å². The highest BCUT2D eigenvalue weighted by atomic mass is 19.4. The zero-order valence-corrected chi connectivity index (χ0v) is 8.43. The van der Waals surface area contributed by atoms with Gasteiger partial charge in [0.2, 0.25) is 6.17 Å². The van der Waals surface area contributed by atoms with Gasteiger partial charge in [-0.1, -0.05) is 0 Å². The number of hydrogen-bond donors (Lipinski definition) is 0. The van der Waals surface area contributed by atoms with Gasteiger partial charge >= 0.3 is 6.18 Å². The summed E-state index contributed by atoms with van der Waals surface area (Å²) < 4.78 is 49.6. The van der Waals surface area contributed by atoms with Crippen molar-refractivity contribution in [1.82, 2.24) is 0 Å². The van der Waals surface area contributed by atoms with Gasteiger partial charge in [-0.25, -0.2) is 4.39 Å². The van der Waals surface area contributed by atoms with E-state index in [1.54, 1.807) is 0 Å². The molecule has 0 bridgehead atoms. The van der Waals surface area contributed by atoms with Crippen LogP contribution >= 0.6 is 0 Å². The van der Waals surface area contributed by atoms with Gasteiger partial charge in [-0.2, -0.15) is 18.4 Å². The van der Waals surface area contributed by atoms with E-state index in [0.29, 0.717) is 0 Å². The van der Waals surface area contributed by atoms with Crippen LogP contribution in [0, 0.1) is 23.2 Å². The molecule has 0 saturated heterocycles. The minimum absolute atomic E-state index is 0.0190. The first kappa shape index (κ1) is 12.9. The molecule has 0 aromatic carbocycles. The normalized spacial score (nSPS) is 28.2. The lowest BCUT2D eigenvalue weighted by Crippen LogP contribution is -2.32. The monoisotopic (exact) mass is 237 g/mol. The number of nitrogens with zero attached hydrogens (tertiary/aromatic N) is 1. The first-order valence-corrected chi connectivity index (χ1v) is 5.00. The van der Waals surface area contributed by atoms with Crippen molar-refractivity contribution in [3.63, 3.8) is 0 Å². The smallest absolute Gasteiger partial charge is 0.295 e. The van der Waals surface area contributed by atoms with Crippen LogP contribution in [0.2, 0.25) is 0 Å². The summed E-state index contributed by atoms with van der Waals surface area (Å²) in [6.07, 6.45) is -6.71. The van der Waals surface area contributed by atoms with E-state index in [-0.39, 0.29) is 25.7 Å². The van der Waals surface area contributed by atoms with Crippen molar-refractivity contribution in [2.75, 3.05) is 0 Å². The molecule has 1 rings (SSSR count). The third-order valence-electron chi connectivity index (χ3n) is 2.96. The Morgan fingerprint density at radius 2 is 1.75 bits per heavy atom. The molecule has 0 heterocycles. The van der Waals surface area contributed by atoms with E-state index in [0.717, 1.165) is 0 Å². The van der Waals surface area contributed by atoms with Crippen LogP contribution in [0.25, 0.3) is 0 Å². The Morgan fingerprint density at radius 1 is 1.25 bits per heavy atom. The average Bonchev–Trinajstić information content (AvgIpc) is 2.26. The molecule has 0 N–H and O–H groups in total. The highest BCUT2D eigenvalue weighted by Gasteiger charge is 2.43. The molecular weight excluding hydrogens is 226 g/mol. The summed E-state index contributed by atoms with van der Waals surface area (Å²) in [5.41, 5.74) is 0. The number of halogens is 4. The van der Waals surface area contributed by atoms with E-state index in [1.165, 1.54) is 6.07 Å². The number of carbonyl (C=O) groups is 1. The second-order valence-corrected chi connectivity index (χ2v) is 3.98. The third kappa shape index (κ3) is 2.94. The molecule has 0 aromatic heterocycles. The van der Waals surface area contributed by atoms with Crippen molar-refractivity contribution in [3.8, 4) is 6.07 Å². The molecular formula is C10H11F4NO. The fourth-order valence-electron chi connectivity index (χ4n) is 1.98. The quantitative estimate of drug-likeness (QED) is 0.693. The molecule has 1 saturated carbocycles. The first-order chi connectivity index (χ1) is 7.36. The number of nitriles is 1. The lowest BCUT2D eigenvalue weighted by molar-refractivity contribution is -0.184. The molecule has 0 aliphatic heterocycles. The average molecular weight is 237 g/mol. The molecule has 0 spiro atoms. The molecule has 1 atom stereocenters. The van der Waals surface area contributed by atoms with Crippen LogP contribution in [-0.4, -0.2) is 18.1 Å². The zero-order chi connectivity index (χ0) is 12.3. The lowest BCUT2D eigenvalue weighted by atomic mass is 9.79. The molecule has 1 aliphatic carbocycles. The van der Waals surface area contributed by atoms with Gasteiger partial charge in [-0.05, 0) is 25.7 Å². The van der Waals surface area contributed by atoms with Gasteiger partial charge in [-0.15, -0.1) is 0 Å². The fourth-order valence-corrected chi connectivity index (χ4v) is 1.98. The van der Waals surface area contributed by atoms with Gasteiger partial charge in [0.15, 0.2) is 5.78 Å². The molecule has 6 heteroatoms. The molecule has 0 amide bonds. The van der Waals surface area contributed by atoms with Gasteiger partial charge in [-0.3, -0.25) is 4.79 Å². The maximum atomic E-state index is 12.7. The lowest BCUT2D eigenvalue weighted by Gasteiger charge is -2.28. The van der Waals surface area contributed by atoms with Crippen molar-refractivity contribution in [2.24, 2.45) is 11.8 Å². The van der Waals surface area contributed by atoms with Gasteiger partial charge in [0.25, 0.3) is 0 Å². The van der Waals surface area contributed by atoms with Crippen molar-refractivity contribution < 1.29 is 22.4 Å². The summed E-state index contributed by atoms with van der Waals surface area (Å²) in [5, 5.41) is 8.19. The Labute approximate surface area is 90.2 Å². The second-order valence-electron chi connectivity index (χ2n) is 3.98. The molecule has 1 unspecified atom stereocenters. The van der Waals surface area contributed by atoms with Crippen LogP contribution in [0.4, 0.5) is 17.6 Å². The SMILES string of the molecule is N#CC(F)C(=O)[C@H]1CC[C@H](C(F)(F)F)CC1. The molecule has 1 aliphatic rings. The Bertz CT molecular complexity index is 299. The molecule has 0 aromatic rings. The number of ketones is 1. The van der Waals surface area contributed by atoms with E-state index in [2.05, 4.69) is 0 Å². The van der Waals surface area contributed by atoms with E-state index >= 15 is 0 Å². The van der Waals surface area contributed by atoms with Crippen LogP contribution in [-0.2, 0) is 4.79 Å². The van der Waals surface area contributed by atoms with E-state index in [4.69, 9.17) is 5.26 Å². The van der Waals surface area contributed by atoms with E-state index in [1.807, 2.05) is 0 Å². The number of Topliss-reactive ketones (excluding diaryl/α,β-unsaturated/α-hetero) is 1. The topological polar surface area (TPSA) is 40.9 Å². The van der Waals surface area contributed by atoms with E-state index < -0.39 is 30.0 Å². The Kier molecular flexibility index (Phi) is 3.89. The molecule has 2 nitrogen and oxygen atoms in total. The van der Waals surface area contributed by atoms with Crippen LogP contribution in [0.1, 0.15) is 25.7 Å². The predicted molar refractivity (Wildman–Crippen MR) is 47.0 cm³/mol. The minimum Gasteiger partial charge on any atom is -0.295 e. The summed E-state index contributed by atoms with van der Waals surface area (Å²) >= 11 is 0. The molecule has 90 valence electrons. The minimum atomic E-state index is -4.24. The van der Waals surface area contributed by atoms with Gasteiger partial charge < -0.3 is 0 Å². The molecule has 16 heavy (non-hydrogen) atoms. The fraction of sp³-hybridized carbons (Fsp3) is 0.800. The zero-order valence-electron chi connectivity index (χ0n) is 8.43. The molecule has 0 radical (unpaired) electrons. The van der Waals surface area contributed by atoms with Crippen LogP contribution in [0.15, 0.2) is 0 Å². The van der Waals surface area contributed by atoms with Crippen LogP contribution in [0.3, 0.4) is 0 Å². The highest BCUT2D eigenvalue weighted by Crippen LogP contribution is 2.39. The van der Waals surface area contributed by atoms with Crippen molar-refractivity contribution in [3.05, 3.63) is 0 Å². The van der Waals surface area contributed by atoms with Crippen LogP contribution < -0.4 is 0 Å². The highest BCUT2D eigenvalue weighted by molar-refractivity contribution is 5.87. The van der Waals surface area contributed by atoms with Gasteiger partial charge in [0, 0.05) is 5.92 Å². The first-order valence-electron chi connectivity index (χ1n) is 5.00. The number of rotatable bonds is 2. The Morgan fingerprint density at radius 3 is 2.12 bits per heavy atom. The summed E-state index contributed by atoms with van der Waals surface area (Å²) in [6, 6.07) is 1.17. The van der Waals surface area contributed by atoms with Crippen molar-refractivity contribution in [2.45, 2.75) is 38.0 Å². The third-order valence-corrected chi connectivity index (χ3v) is 2.96. The summed E-state index contributed by atoms with van der Waals surface area (Å²) in [4.78, 5) is 11.2. The second kappa shape index (κ2) is 4.81. The predicted octanol–water partition coefficient (Wildman–Crippen LogP) is 2.79. The van der Waals surface area contributed by atoms with E-state index in [9.17, 15) is 22.4 Å². The van der Waals surface area contributed by atoms with Crippen molar-refractivity contribution in [1.29, 1.82) is 5.26 Å². The van der Waals surface area contributed by atoms with Gasteiger partial charge in [0.1, 0.15) is 6.07 Å².